The smallest absolute Gasteiger partial charge is 0.226 e. The van der Waals surface area contributed by atoms with Crippen LogP contribution in [-0.4, -0.2) is 23.4 Å². The molecule has 2 unspecified atom stereocenters. The monoisotopic (exact) mass is 281 g/mol. The summed E-state index contributed by atoms with van der Waals surface area (Å²) in [5, 5.41) is 0. The van der Waals surface area contributed by atoms with E-state index in [2.05, 4.69) is 53.4 Å². The molecule has 0 N–H and O–H groups in total. The third kappa shape index (κ3) is 4.23. The summed E-state index contributed by atoms with van der Waals surface area (Å²) in [7, 11) is 0. The Bertz CT molecular complexity index is 301. The fourth-order valence-electron chi connectivity index (χ4n) is 3.90. The summed E-state index contributed by atoms with van der Waals surface area (Å²) >= 11 is 0. The number of carbonyl (C=O) groups excluding carboxylic acids is 1. The van der Waals surface area contributed by atoms with Gasteiger partial charge in [-0.15, -0.1) is 0 Å². The molecular formula is C18H35NO. The van der Waals surface area contributed by atoms with Crippen LogP contribution in [-0.2, 0) is 4.79 Å². The molecular weight excluding hydrogens is 246 g/mol. The largest absolute Gasteiger partial charge is 0.339 e. The molecule has 118 valence electrons. The molecule has 1 rings (SSSR count). The van der Waals surface area contributed by atoms with Gasteiger partial charge in [-0.25, -0.2) is 0 Å². The van der Waals surface area contributed by atoms with Gasteiger partial charge in [0.05, 0.1) is 0 Å². The van der Waals surface area contributed by atoms with E-state index in [1.165, 1.54) is 19.3 Å². The predicted octanol–water partition coefficient (Wildman–Crippen LogP) is 4.59. The highest BCUT2D eigenvalue weighted by Gasteiger charge is 2.37. The molecule has 1 amide bonds. The van der Waals surface area contributed by atoms with Crippen molar-refractivity contribution >= 4 is 5.91 Å². The number of nitrogens with zero attached hydrogens (tertiary/aromatic N) is 1. The predicted molar refractivity (Wildman–Crippen MR) is 86.5 cm³/mol. The zero-order valence-corrected chi connectivity index (χ0v) is 14.6. The third-order valence-electron chi connectivity index (χ3n) is 4.78. The van der Waals surface area contributed by atoms with Crippen molar-refractivity contribution in [3.05, 3.63) is 0 Å². The van der Waals surface area contributed by atoms with E-state index in [0.717, 1.165) is 6.54 Å². The first-order chi connectivity index (χ1) is 9.25. The molecule has 0 aromatic carbocycles. The van der Waals surface area contributed by atoms with Crippen molar-refractivity contribution in [1.29, 1.82) is 0 Å². The maximum atomic E-state index is 13.1. The fraction of sp³-hybridized carbons (Fsp3) is 0.944. The number of amides is 1. The second kappa shape index (κ2) is 7.47. The van der Waals surface area contributed by atoms with Crippen molar-refractivity contribution in [2.75, 3.05) is 6.54 Å². The van der Waals surface area contributed by atoms with Crippen LogP contribution in [0, 0.1) is 29.6 Å². The summed E-state index contributed by atoms with van der Waals surface area (Å²) in [6, 6.07) is 0.477. The normalized spacial score (nSPS) is 23.4. The Kier molecular flexibility index (Phi) is 6.54. The zero-order valence-electron chi connectivity index (χ0n) is 14.6. The molecule has 0 bridgehead atoms. The van der Waals surface area contributed by atoms with Gasteiger partial charge in [0.15, 0.2) is 0 Å². The Labute approximate surface area is 126 Å². The molecule has 1 fully saturated rings. The molecule has 0 heterocycles. The molecule has 2 atom stereocenters. The van der Waals surface area contributed by atoms with E-state index < -0.39 is 0 Å². The molecule has 1 aliphatic rings. The van der Waals surface area contributed by atoms with Crippen molar-refractivity contribution in [1.82, 2.24) is 4.90 Å². The summed E-state index contributed by atoms with van der Waals surface area (Å²) < 4.78 is 0. The van der Waals surface area contributed by atoms with Gasteiger partial charge in [0.1, 0.15) is 0 Å². The fourth-order valence-corrected chi connectivity index (χ4v) is 3.90. The van der Waals surface area contributed by atoms with E-state index in [0.29, 0.717) is 35.6 Å². The molecule has 0 aromatic rings. The van der Waals surface area contributed by atoms with E-state index in [1.807, 2.05) is 0 Å². The Morgan fingerprint density at radius 1 is 1.05 bits per heavy atom. The van der Waals surface area contributed by atoms with E-state index in [-0.39, 0.29) is 5.92 Å². The standard InChI is InChI=1S/C18H35NO/c1-12(2)11-19(16-10-8-9-15(16)7)18(20)17(13(3)4)14(5)6/h12-17H,8-11H2,1-7H3. The maximum absolute atomic E-state index is 13.1. The van der Waals surface area contributed by atoms with Crippen molar-refractivity contribution in [3.8, 4) is 0 Å². The molecule has 0 aromatic heterocycles. The Hall–Kier alpha value is -0.530. The summed E-state index contributed by atoms with van der Waals surface area (Å²) in [5.41, 5.74) is 0. The summed E-state index contributed by atoms with van der Waals surface area (Å²) in [6.45, 7) is 16.4. The Balaban J connectivity index is 2.94. The van der Waals surface area contributed by atoms with E-state index >= 15 is 0 Å². The Morgan fingerprint density at radius 2 is 1.60 bits per heavy atom. The quantitative estimate of drug-likeness (QED) is 0.697. The highest BCUT2D eigenvalue weighted by molar-refractivity contribution is 5.79. The first-order valence-electron chi connectivity index (χ1n) is 8.56. The van der Waals surface area contributed by atoms with Crippen LogP contribution >= 0.6 is 0 Å². The van der Waals surface area contributed by atoms with Crippen molar-refractivity contribution < 1.29 is 4.79 Å². The van der Waals surface area contributed by atoms with Crippen LogP contribution in [0.2, 0.25) is 0 Å². The molecule has 0 radical (unpaired) electrons. The van der Waals surface area contributed by atoms with Gasteiger partial charge in [0, 0.05) is 18.5 Å². The highest BCUT2D eigenvalue weighted by Crippen LogP contribution is 2.33. The van der Waals surface area contributed by atoms with Crippen molar-refractivity contribution in [2.24, 2.45) is 29.6 Å². The molecule has 20 heavy (non-hydrogen) atoms. The number of rotatable bonds is 6. The van der Waals surface area contributed by atoms with Crippen molar-refractivity contribution in [3.63, 3.8) is 0 Å². The van der Waals surface area contributed by atoms with Gasteiger partial charge < -0.3 is 4.90 Å². The highest BCUT2D eigenvalue weighted by atomic mass is 16.2. The van der Waals surface area contributed by atoms with E-state index in [4.69, 9.17) is 0 Å². The van der Waals surface area contributed by atoms with Gasteiger partial charge in [-0.3, -0.25) is 4.79 Å². The first kappa shape index (κ1) is 17.5. The van der Waals surface area contributed by atoms with Gasteiger partial charge in [-0.1, -0.05) is 54.9 Å². The molecule has 1 saturated carbocycles. The molecule has 0 saturated heterocycles. The van der Waals surface area contributed by atoms with Crippen LogP contribution in [0.5, 0.6) is 0 Å². The summed E-state index contributed by atoms with van der Waals surface area (Å²) in [6.07, 6.45) is 3.75. The summed E-state index contributed by atoms with van der Waals surface area (Å²) in [4.78, 5) is 15.4. The lowest BCUT2D eigenvalue weighted by atomic mass is 9.83. The van der Waals surface area contributed by atoms with Gasteiger partial charge in [-0.05, 0) is 36.5 Å². The SMILES string of the molecule is CC(C)CN(C(=O)C(C(C)C)C(C)C)C1CCCC1C. The van der Waals surface area contributed by atoms with Crippen LogP contribution in [0.15, 0.2) is 0 Å². The molecule has 2 nitrogen and oxygen atoms in total. The third-order valence-corrected chi connectivity index (χ3v) is 4.78. The average Bonchev–Trinajstić information content (AvgIpc) is 2.70. The van der Waals surface area contributed by atoms with Crippen LogP contribution in [0.25, 0.3) is 0 Å². The lowest BCUT2D eigenvalue weighted by molar-refractivity contribution is -0.142. The molecule has 0 aliphatic heterocycles. The lowest BCUT2D eigenvalue weighted by Gasteiger charge is -2.38. The second-order valence-electron chi connectivity index (χ2n) is 7.87. The second-order valence-corrected chi connectivity index (χ2v) is 7.87. The van der Waals surface area contributed by atoms with Gasteiger partial charge in [-0.2, -0.15) is 0 Å². The zero-order chi connectivity index (χ0) is 15.4. The average molecular weight is 281 g/mol. The van der Waals surface area contributed by atoms with Gasteiger partial charge >= 0.3 is 0 Å². The minimum Gasteiger partial charge on any atom is -0.339 e. The van der Waals surface area contributed by atoms with Crippen LogP contribution in [0.3, 0.4) is 0 Å². The maximum Gasteiger partial charge on any atom is 0.226 e. The van der Waals surface area contributed by atoms with Crippen LogP contribution in [0.1, 0.15) is 67.7 Å². The number of hydrogen-bond acceptors (Lipinski definition) is 1. The molecule has 2 heteroatoms. The number of carbonyl (C=O) groups is 1. The Morgan fingerprint density at radius 3 is 1.95 bits per heavy atom. The summed E-state index contributed by atoms with van der Waals surface area (Å²) in [5.74, 6) is 2.64. The molecule has 1 aliphatic carbocycles. The topological polar surface area (TPSA) is 20.3 Å². The lowest BCUT2D eigenvalue weighted by Crippen LogP contribution is -2.48. The molecule has 0 spiro atoms. The minimum atomic E-state index is 0.168. The van der Waals surface area contributed by atoms with Crippen molar-refractivity contribution in [2.45, 2.75) is 73.8 Å². The minimum absolute atomic E-state index is 0.168. The van der Waals surface area contributed by atoms with Crippen LogP contribution < -0.4 is 0 Å². The first-order valence-corrected chi connectivity index (χ1v) is 8.56. The van der Waals surface area contributed by atoms with Gasteiger partial charge in [0.2, 0.25) is 5.91 Å². The van der Waals surface area contributed by atoms with Crippen LogP contribution in [0.4, 0.5) is 0 Å². The number of hydrogen-bond donors (Lipinski definition) is 0. The van der Waals surface area contributed by atoms with Gasteiger partial charge in [0.25, 0.3) is 0 Å². The van der Waals surface area contributed by atoms with E-state index in [1.54, 1.807) is 0 Å². The van der Waals surface area contributed by atoms with E-state index in [9.17, 15) is 4.79 Å².